The Bertz CT molecular complexity index is 351. The van der Waals surface area contributed by atoms with Crippen LogP contribution in [-0.4, -0.2) is 21.9 Å². The Morgan fingerprint density at radius 3 is 1.79 bits per heavy atom. The van der Waals surface area contributed by atoms with E-state index in [1.165, 1.54) is 19.3 Å². The molecule has 0 rings (SSSR count). The quantitative estimate of drug-likeness (QED) is 0.218. The molecule has 24 heavy (non-hydrogen) atoms. The number of amides is 1. The summed E-state index contributed by atoms with van der Waals surface area (Å²) in [6, 6.07) is 0. The third-order valence-corrected chi connectivity index (χ3v) is 4.62. The first-order chi connectivity index (χ1) is 11.4. The molecular formula is C20H39NO3. The van der Waals surface area contributed by atoms with Gasteiger partial charge < -0.3 is 15.9 Å². The van der Waals surface area contributed by atoms with E-state index in [1.807, 2.05) is 6.92 Å². The normalized spacial score (nSPS) is 12.6. The summed E-state index contributed by atoms with van der Waals surface area (Å²) in [6.07, 6.45) is 15.4. The number of nitrogens with two attached hydrogens (primary N) is 1. The molecule has 0 fully saturated rings. The Kier molecular flexibility index (Phi) is 13.9. The van der Waals surface area contributed by atoms with Crippen LogP contribution in [0.1, 0.15) is 104 Å². The van der Waals surface area contributed by atoms with Crippen LogP contribution in [0.25, 0.3) is 0 Å². The largest absolute Gasteiger partial charge is 0.366 e. The molecule has 0 aliphatic heterocycles. The molecule has 0 aromatic heterocycles. The highest BCUT2D eigenvalue weighted by Gasteiger charge is 2.21. The molecule has 0 saturated heterocycles. The van der Waals surface area contributed by atoms with Crippen molar-refractivity contribution in [2.75, 3.05) is 0 Å². The van der Waals surface area contributed by atoms with Gasteiger partial charge in [0.05, 0.1) is 0 Å². The number of hydrogen-bond acceptors (Lipinski definition) is 3. The summed E-state index contributed by atoms with van der Waals surface area (Å²) in [5, 5.41) is 19.8. The summed E-state index contributed by atoms with van der Waals surface area (Å²) in [6.45, 7) is 4.01. The molecule has 0 radical (unpaired) electrons. The molecule has 4 heteroatoms. The van der Waals surface area contributed by atoms with Crippen LogP contribution >= 0.6 is 0 Å². The molecule has 0 saturated carbocycles. The lowest BCUT2D eigenvalue weighted by Crippen LogP contribution is -2.27. The molecule has 0 unspecified atom stereocenters. The lowest BCUT2D eigenvalue weighted by atomic mass is 9.99. The van der Waals surface area contributed by atoms with Crippen LogP contribution in [0.2, 0.25) is 0 Å². The van der Waals surface area contributed by atoms with E-state index in [4.69, 9.17) is 5.73 Å². The predicted octanol–water partition coefficient (Wildman–Crippen LogP) is 4.58. The Hall–Kier alpha value is -0.870. The highest BCUT2D eigenvalue weighted by Crippen LogP contribution is 2.20. The number of allylic oxidation sites excluding steroid dienone is 1. The van der Waals surface area contributed by atoms with Gasteiger partial charge in [-0.25, -0.2) is 0 Å². The summed E-state index contributed by atoms with van der Waals surface area (Å²) in [7, 11) is 0. The van der Waals surface area contributed by atoms with E-state index in [2.05, 4.69) is 6.92 Å². The van der Waals surface area contributed by atoms with Gasteiger partial charge in [-0.15, -0.1) is 0 Å². The fourth-order valence-corrected chi connectivity index (χ4v) is 2.98. The van der Waals surface area contributed by atoms with Crippen molar-refractivity contribution in [3.05, 3.63) is 11.6 Å². The molecule has 0 heterocycles. The third kappa shape index (κ3) is 13.6. The average molecular weight is 342 g/mol. The second kappa shape index (κ2) is 14.5. The van der Waals surface area contributed by atoms with Crippen molar-refractivity contribution in [2.24, 2.45) is 5.73 Å². The molecule has 0 aliphatic carbocycles. The molecule has 1 amide bonds. The monoisotopic (exact) mass is 341 g/mol. The Labute approximate surface area is 148 Å². The van der Waals surface area contributed by atoms with Crippen LogP contribution in [0.15, 0.2) is 11.6 Å². The number of hydrogen-bond donors (Lipinski definition) is 3. The Morgan fingerprint density at radius 1 is 0.875 bits per heavy atom. The van der Waals surface area contributed by atoms with Gasteiger partial charge in [0.15, 0.2) is 5.79 Å². The molecule has 0 bridgehead atoms. The second-order valence-electron chi connectivity index (χ2n) is 6.95. The third-order valence-electron chi connectivity index (χ3n) is 4.62. The average Bonchev–Trinajstić information content (AvgIpc) is 2.53. The van der Waals surface area contributed by atoms with E-state index in [9.17, 15) is 15.0 Å². The first-order valence-electron chi connectivity index (χ1n) is 9.82. The molecule has 4 nitrogen and oxygen atoms in total. The van der Waals surface area contributed by atoms with Crippen molar-refractivity contribution >= 4 is 5.91 Å². The minimum atomic E-state index is -1.47. The van der Waals surface area contributed by atoms with E-state index in [1.54, 1.807) is 6.08 Å². The number of aliphatic hydroxyl groups is 2. The molecule has 0 aromatic rings. The summed E-state index contributed by atoms with van der Waals surface area (Å²) in [4.78, 5) is 11.1. The van der Waals surface area contributed by atoms with Crippen LogP contribution in [0, 0.1) is 0 Å². The smallest absolute Gasteiger partial charge is 0.244 e. The van der Waals surface area contributed by atoms with Gasteiger partial charge in [0.1, 0.15) is 0 Å². The lowest BCUT2D eigenvalue weighted by molar-refractivity contribution is -0.172. The predicted molar refractivity (Wildman–Crippen MR) is 100 cm³/mol. The van der Waals surface area contributed by atoms with E-state index in [-0.39, 0.29) is 5.91 Å². The molecule has 142 valence electrons. The fourth-order valence-electron chi connectivity index (χ4n) is 2.98. The zero-order chi connectivity index (χ0) is 18.3. The molecule has 0 spiro atoms. The van der Waals surface area contributed by atoms with Gasteiger partial charge in [0.25, 0.3) is 0 Å². The maximum Gasteiger partial charge on any atom is 0.244 e. The standard InChI is InChI=1S/C20H39NO3/c1-3-5-6-13-16-20(23,24)17-14-11-9-7-8-10-12-15-18(4-2)19(21)22/h4,23-24H,3,5-17H2,1-2H3,(H2,21,22)/b18-4+. The SMILES string of the molecule is C/C=C(\CCCCCCCCCC(O)(O)CCCCCC)C(N)=O. The number of unbranched alkanes of at least 4 members (excludes halogenated alkanes) is 9. The summed E-state index contributed by atoms with van der Waals surface area (Å²) in [5.41, 5.74) is 6.01. The van der Waals surface area contributed by atoms with Crippen molar-refractivity contribution < 1.29 is 15.0 Å². The van der Waals surface area contributed by atoms with Gasteiger partial charge >= 0.3 is 0 Å². The van der Waals surface area contributed by atoms with Gasteiger partial charge in [-0.3, -0.25) is 4.79 Å². The molecule has 0 aliphatic rings. The zero-order valence-electron chi connectivity index (χ0n) is 15.9. The maximum absolute atomic E-state index is 11.1. The molecule has 0 aromatic carbocycles. The first kappa shape index (κ1) is 23.1. The number of carbonyl (C=O) groups is 1. The summed E-state index contributed by atoms with van der Waals surface area (Å²) in [5.74, 6) is -1.77. The zero-order valence-corrected chi connectivity index (χ0v) is 15.9. The highest BCUT2D eigenvalue weighted by molar-refractivity contribution is 5.91. The van der Waals surface area contributed by atoms with Gasteiger partial charge in [-0.1, -0.05) is 64.4 Å². The van der Waals surface area contributed by atoms with Crippen molar-refractivity contribution in [3.63, 3.8) is 0 Å². The van der Waals surface area contributed by atoms with Crippen LogP contribution < -0.4 is 5.73 Å². The van der Waals surface area contributed by atoms with Crippen molar-refractivity contribution in [2.45, 2.75) is 110 Å². The number of carbonyl (C=O) groups excluding carboxylic acids is 1. The van der Waals surface area contributed by atoms with Gasteiger partial charge in [-0.05, 0) is 32.6 Å². The van der Waals surface area contributed by atoms with Crippen molar-refractivity contribution in [3.8, 4) is 0 Å². The van der Waals surface area contributed by atoms with Crippen molar-refractivity contribution in [1.82, 2.24) is 0 Å². The molecule has 4 N–H and O–H groups in total. The lowest BCUT2D eigenvalue weighted by Gasteiger charge is -2.21. The summed E-state index contributed by atoms with van der Waals surface area (Å²) >= 11 is 0. The van der Waals surface area contributed by atoms with E-state index < -0.39 is 5.79 Å². The minimum Gasteiger partial charge on any atom is -0.366 e. The Balaban J connectivity index is 3.48. The minimum absolute atomic E-state index is 0.302. The second-order valence-corrected chi connectivity index (χ2v) is 6.95. The molecular weight excluding hydrogens is 302 g/mol. The van der Waals surface area contributed by atoms with Gasteiger partial charge in [0, 0.05) is 18.4 Å². The van der Waals surface area contributed by atoms with Crippen LogP contribution in [0.4, 0.5) is 0 Å². The van der Waals surface area contributed by atoms with Crippen molar-refractivity contribution in [1.29, 1.82) is 0 Å². The topological polar surface area (TPSA) is 83.6 Å². The molecule has 0 atom stereocenters. The first-order valence-corrected chi connectivity index (χ1v) is 9.82. The fraction of sp³-hybridized carbons (Fsp3) is 0.850. The van der Waals surface area contributed by atoms with Crippen LogP contribution in [-0.2, 0) is 4.79 Å². The Morgan fingerprint density at radius 2 is 1.33 bits per heavy atom. The number of rotatable bonds is 16. The van der Waals surface area contributed by atoms with Crippen LogP contribution in [0.3, 0.4) is 0 Å². The van der Waals surface area contributed by atoms with E-state index >= 15 is 0 Å². The number of primary amides is 1. The van der Waals surface area contributed by atoms with Gasteiger partial charge in [-0.2, -0.15) is 0 Å². The van der Waals surface area contributed by atoms with Gasteiger partial charge in [0.2, 0.25) is 5.91 Å². The summed E-state index contributed by atoms with van der Waals surface area (Å²) < 4.78 is 0. The highest BCUT2D eigenvalue weighted by atomic mass is 16.5. The van der Waals surface area contributed by atoms with Crippen LogP contribution in [0.5, 0.6) is 0 Å². The van der Waals surface area contributed by atoms with E-state index in [0.29, 0.717) is 12.8 Å². The maximum atomic E-state index is 11.1. The van der Waals surface area contributed by atoms with E-state index in [0.717, 1.165) is 63.4 Å².